The monoisotopic (exact) mass is 371 g/mol. The van der Waals surface area contributed by atoms with E-state index in [1.807, 2.05) is 19.9 Å². The van der Waals surface area contributed by atoms with Crippen molar-refractivity contribution in [2.75, 3.05) is 6.54 Å². The van der Waals surface area contributed by atoms with Crippen molar-refractivity contribution in [3.63, 3.8) is 0 Å². The van der Waals surface area contributed by atoms with Crippen LogP contribution in [0, 0.1) is 5.82 Å². The highest BCUT2D eigenvalue weighted by Gasteiger charge is 2.16. The van der Waals surface area contributed by atoms with Gasteiger partial charge in [-0.3, -0.25) is 0 Å². The van der Waals surface area contributed by atoms with Gasteiger partial charge in [-0.05, 0) is 53.7 Å². The molecule has 0 saturated heterocycles. The van der Waals surface area contributed by atoms with Crippen LogP contribution >= 0.6 is 27.5 Å². The Morgan fingerprint density at radius 2 is 2.10 bits per heavy atom. The molecule has 0 bridgehead atoms. The first-order valence-corrected chi connectivity index (χ1v) is 7.84. The van der Waals surface area contributed by atoms with E-state index in [9.17, 15) is 4.39 Å². The van der Waals surface area contributed by atoms with Gasteiger partial charge in [-0.25, -0.2) is 4.39 Å². The molecule has 1 unspecified atom stereocenters. The first-order chi connectivity index (χ1) is 10.0. The second-order valence-electron chi connectivity index (χ2n) is 4.61. The number of hydrogen-bond donors (Lipinski definition) is 1. The van der Waals surface area contributed by atoms with Crippen LogP contribution in [-0.2, 0) is 0 Å². The van der Waals surface area contributed by atoms with E-state index >= 15 is 0 Å². The lowest BCUT2D eigenvalue weighted by Gasteiger charge is -2.18. The minimum atomic E-state index is -0.390. The van der Waals surface area contributed by atoms with E-state index in [2.05, 4.69) is 21.2 Å². The number of rotatable bonds is 5. The lowest BCUT2D eigenvalue weighted by Crippen LogP contribution is -2.18. The quantitative estimate of drug-likeness (QED) is 0.726. The zero-order valence-electron chi connectivity index (χ0n) is 11.8. The second-order valence-corrected chi connectivity index (χ2v) is 5.91. The van der Waals surface area contributed by atoms with Crippen molar-refractivity contribution in [3.05, 3.63) is 57.3 Å². The van der Waals surface area contributed by atoms with E-state index in [1.54, 1.807) is 24.3 Å². The molecule has 2 aromatic rings. The molecule has 0 fully saturated rings. The Hall–Kier alpha value is -1.10. The van der Waals surface area contributed by atoms with Crippen molar-refractivity contribution in [1.82, 2.24) is 5.32 Å². The highest BCUT2D eigenvalue weighted by atomic mass is 79.9. The van der Waals surface area contributed by atoms with Gasteiger partial charge in [-0.1, -0.05) is 30.7 Å². The summed E-state index contributed by atoms with van der Waals surface area (Å²) < 4.78 is 20.6. The summed E-state index contributed by atoms with van der Waals surface area (Å²) in [5.41, 5.74) is 0.777. The summed E-state index contributed by atoms with van der Waals surface area (Å²) in [4.78, 5) is 0. The summed E-state index contributed by atoms with van der Waals surface area (Å²) in [6.45, 7) is 4.77. The Bertz CT molecular complexity index is 636. The maximum absolute atomic E-state index is 14.2. The third-order valence-corrected chi connectivity index (χ3v) is 3.94. The lowest BCUT2D eigenvalue weighted by atomic mass is 10.1. The molecule has 0 amide bonds. The van der Waals surface area contributed by atoms with Crippen molar-refractivity contribution in [2.45, 2.75) is 19.9 Å². The van der Waals surface area contributed by atoms with Crippen molar-refractivity contribution >= 4 is 27.5 Å². The largest absolute Gasteiger partial charge is 0.453 e. The smallest absolute Gasteiger partial charge is 0.167 e. The van der Waals surface area contributed by atoms with Gasteiger partial charge in [0, 0.05) is 16.6 Å². The van der Waals surface area contributed by atoms with Gasteiger partial charge in [0.25, 0.3) is 0 Å². The fraction of sp³-hybridized carbons (Fsp3) is 0.250. The lowest BCUT2D eigenvalue weighted by molar-refractivity contribution is 0.424. The normalized spacial score (nSPS) is 12.2. The number of benzene rings is 2. The number of ether oxygens (including phenoxy) is 1. The molecule has 0 aliphatic rings. The van der Waals surface area contributed by atoms with Crippen LogP contribution in [0.25, 0.3) is 0 Å². The Morgan fingerprint density at radius 3 is 2.76 bits per heavy atom. The molecule has 2 nitrogen and oxygen atoms in total. The van der Waals surface area contributed by atoms with E-state index in [0.29, 0.717) is 15.2 Å². The zero-order chi connectivity index (χ0) is 15.4. The van der Waals surface area contributed by atoms with Crippen molar-refractivity contribution < 1.29 is 9.13 Å². The molecule has 0 radical (unpaired) electrons. The first-order valence-electron chi connectivity index (χ1n) is 6.67. The number of para-hydroxylation sites is 1. The maximum Gasteiger partial charge on any atom is 0.167 e. The van der Waals surface area contributed by atoms with E-state index in [1.165, 1.54) is 6.07 Å². The Balaban J connectivity index is 2.38. The summed E-state index contributed by atoms with van der Waals surface area (Å²) in [7, 11) is 0. The molecular weight excluding hydrogens is 357 g/mol. The van der Waals surface area contributed by atoms with Crippen LogP contribution in [-0.4, -0.2) is 6.54 Å². The fourth-order valence-electron chi connectivity index (χ4n) is 2.06. The van der Waals surface area contributed by atoms with Gasteiger partial charge in [0.1, 0.15) is 5.75 Å². The van der Waals surface area contributed by atoms with Crippen molar-refractivity contribution in [3.8, 4) is 11.5 Å². The minimum Gasteiger partial charge on any atom is -0.453 e. The van der Waals surface area contributed by atoms with E-state index < -0.39 is 0 Å². The molecule has 0 spiro atoms. The van der Waals surface area contributed by atoms with Gasteiger partial charge in [0.15, 0.2) is 11.6 Å². The highest BCUT2D eigenvalue weighted by molar-refractivity contribution is 9.10. The molecule has 1 N–H and O–H groups in total. The zero-order valence-corrected chi connectivity index (χ0v) is 14.1. The topological polar surface area (TPSA) is 21.3 Å². The Morgan fingerprint density at radius 1 is 1.33 bits per heavy atom. The predicted octanol–water partition coefficient (Wildman–Crippen LogP) is 5.70. The van der Waals surface area contributed by atoms with Crippen LogP contribution in [0.1, 0.15) is 25.5 Å². The summed E-state index contributed by atoms with van der Waals surface area (Å²) in [6.07, 6.45) is 0. The highest BCUT2D eigenvalue weighted by Crippen LogP contribution is 2.36. The predicted molar refractivity (Wildman–Crippen MR) is 87.7 cm³/mol. The molecule has 0 saturated carbocycles. The van der Waals surface area contributed by atoms with E-state index in [4.69, 9.17) is 16.3 Å². The van der Waals surface area contributed by atoms with Crippen LogP contribution < -0.4 is 10.1 Å². The summed E-state index contributed by atoms with van der Waals surface area (Å²) >= 11 is 9.28. The summed E-state index contributed by atoms with van der Waals surface area (Å²) in [5.74, 6) is 0.363. The standard InChI is InChI=1S/C16H16BrClFNO/c1-3-20-10(2)12-5-4-6-14(19)16(12)21-15-8-7-11(18)9-13(15)17/h4-10,20H,3H2,1-2H3. The third-order valence-electron chi connectivity index (χ3n) is 3.08. The van der Waals surface area contributed by atoms with Crippen LogP contribution in [0.15, 0.2) is 40.9 Å². The van der Waals surface area contributed by atoms with Gasteiger partial charge in [0.05, 0.1) is 4.47 Å². The van der Waals surface area contributed by atoms with Gasteiger partial charge in [-0.2, -0.15) is 0 Å². The fourth-order valence-corrected chi connectivity index (χ4v) is 2.82. The molecule has 2 rings (SSSR count). The Labute approximate surface area is 137 Å². The van der Waals surface area contributed by atoms with Gasteiger partial charge in [-0.15, -0.1) is 0 Å². The van der Waals surface area contributed by atoms with Gasteiger partial charge < -0.3 is 10.1 Å². The Kier molecular flexibility index (Phi) is 5.62. The minimum absolute atomic E-state index is 0.00762. The second kappa shape index (κ2) is 7.25. The van der Waals surface area contributed by atoms with E-state index in [0.717, 1.165) is 12.1 Å². The molecule has 0 aromatic heterocycles. The summed E-state index contributed by atoms with van der Waals surface area (Å²) in [6, 6.07) is 10.0. The van der Waals surface area contributed by atoms with Gasteiger partial charge in [0.2, 0.25) is 0 Å². The molecule has 112 valence electrons. The third kappa shape index (κ3) is 3.96. The number of hydrogen-bond acceptors (Lipinski definition) is 2. The van der Waals surface area contributed by atoms with Crippen LogP contribution in [0.3, 0.4) is 0 Å². The molecule has 5 heteroatoms. The number of nitrogens with one attached hydrogen (secondary N) is 1. The molecule has 2 aromatic carbocycles. The molecule has 21 heavy (non-hydrogen) atoms. The first kappa shape index (κ1) is 16.3. The van der Waals surface area contributed by atoms with Crippen LogP contribution in [0.4, 0.5) is 4.39 Å². The number of halogens is 3. The van der Waals surface area contributed by atoms with Gasteiger partial charge >= 0.3 is 0 Å². The average molecular weight is 373 g/mol. The molecule has 0 aliphatic carbocycles. The SMILES string of the molecule is CCNC(C)c1cccc(F)c1Oc1ccc(Cl)cc1Br. The van der Waals surface area contributed by atoms with Crippen molar-refractivity contribution in [2.24, 2.45) is 0 Å². The van der Waals surface area contributed by atoms with Crippen LogP contribution in [0.2, 0.25) is 5.02 Å². The molecular formula is C16H16BrClFNO. The molecule has 0 heterocycles. The summed E-state index contributed by atoms with van der Waals surface area (Å²) in [5, 5.41) is 3.85. The molecule has 1 atom stereocenters. The molecule has 0 aliphatic heterocycles. The maximum atomic E-state index is 14.2. The van der Waals surface area contributed by atoms with Crippen LogP contribution in [0.5, 0.6) is 11.5 Å². The van der Waals surface area contributed by atoms with Crippen molar-refractivity contribution in [1.29, 1.82) is 0 Å². The van der Waals surface area contributed by atoms with E-state index in [-0.39, 0.29) is 17.6 Å². The average Bonchev–Trinajstić information content (AvgIpc) is 2.43.